The first kappa shape index (κ1) is 16.4. The van der Waals surface area contributed by atoms with Gasteiger partial charge in [-0.2, -0.15) is 0 Å². The molecule has 0 aliphatic rings. The van der Waals surface area contributed by atoms with E-state index >= 15 is 0 Å². The molecule has 1 amide bonds. The number of carbonyl (C=O) groups is 1. The van der Waals surface area contributed by atoms with E-state index in [1.807, 2.05) is 6.07 Å². The van der Waals surface area contributed by atoms with Crippen LogP contribution in [0.4, 0.5) is 11.5 Å². The van der Waals surface area contributed by atoms with Crippen molar-refractivity contribution in [1.29, 1.82) is 0 Å². The third-order valence-corrected chi connectivity index (χ3v) is 3.19. The van der Waals surface area contributed by atoms with Crippen molar-refractivity contribution in [3.8, 4) is 0 Å². The fraction of sp³-hybridized carbons (Fsp3) is 0.500. The van der Waals surface area contributed by atoms with Gasteiger partial charge in [0.15, 0.2) is 5.11 Å². The summed E-state index contributed by atoms with van der Waals surface area (Å²) >= 11 is 5.26. The SMILES string of the molecule is CC(=O)Nc1ccc(NC(=S)NC(C)C(C)(C)C)cn1. The Bertz CT molecular complexity index is 479. The van der Waals surface area contributed by atoms with Crippen molar-refractivity contribution in [3.05, 3.63) is 18.3 Å². The van der Waals surface area contributed by atoms with E-state index in [0.29, 0.717) is 10.9 Å². The average Bonchev–Trinajstić information content (AvgIpc) is 2.29. The molecule has 110 valence electrons. The minimum absolute atomic E-state index is 0.124. The van der Waals surface area contributed by atoms with Gasteiger partial charge in [-0.05, 0) is 36.7 Å². The number of amides is 1. The van der Waals surface area contributed by atoms with Crippen molar-refractivity contribution < 1.29 is 4.79 Å². The number of rotatable bonds is 3. The maximum atomic E-state index is 10.9. The summed E-state index contributed by atoms with van der Waals surface area (Å²) in [5.74, 6) is 0.374. The van der Waals surface area contributed by atoms with Gasteiger partial charge in [0.1, 0.15) is 5.82 Å². The van der Waals surface area contributed by atoms with Crippen molar-refractivity contribution in [2.24, 2.45) is 5.41 Å². The molecule has 0 saturated carbocycles. The summed E-state index contributed by atoms with van der Waals surface area (Å²) < 4.78 is 0. The zero-order valence-corrected chi connectivity index (χ0v) is 13.4. The first-order valence-electron chi connectivity index (χ1n) is 6.49. The number of nitrogens with one attached hydrogen (secondary N) is 3. The molecule has 6 heteroatoms. The van der Waals surface area contributed by atoms with E-state index in [0.717, 1.165) is 5.69 Å². The summed E-state index contributed by atoms with van der Waals surface area (Å²) in [5.41, 5.74) is 0.900. The second-order valence-electron chi connectivity index (χ2n) is 5.80. The monoisotopic (exact) mass is 294 g/mol. The van der Waals surface area contributed by atoms with Gasteiger partial charge in [-0.1, -0.05) is 20.8 Å². The number of hydrogen-bond acceptors (Lipinski definition) is 3. The molecule has 0 saturated heterocycles. The Hall–Kier alpha value is -1.69. The number of carbonyl (C=O) groups excluding carboxylic acids is 1. The minimum atomic E-state index is -0.144. The first-order valence-corrected chi connectivity index (χ1v) is 6.90. The van der Waals surface area contributed by atoms with Crippen LogP contribution in [0.25, 0.3) is 0 Å². The van der Waals surface area contributed by atoms with Crippen LogP contribution >= 0.6 is 12.2 Å². The molecule has 1 unspecified atom stereocenters. The fourth-order valence-electron chi connectivity index (χ4n) is 1.30. The molecule has 3 N–H and O–H groups in total. The summed E-state index contributed by atoms with van der Waals surface area (Å²) in [6, 6.07) is 3.78. The van der Waals surface area contributed by atoms with Crippen LogP contribution in [0, 0.1) is 5.41 Å². The Balaban J connectivity index is 2.56. The second-order valence-corrected chi connectivity index (χ2v) is 6.21. The van der Waals surface area contributed by atoms with Crippen molar-refractivity contribution in [2.75, 3.05) is 10.6 Å². The minimum Gasteiger partial charge on any atom is -0.359 e. The van der Waals surface area contributed by atoms with Gasteiger partial charge in [0.25, 0.3) is 0 Å². The first-order chi connectivity index (χ1) is 9.18. The van der Waals surface area contributed by atoms with Crippen molar-refractivity contribution >= 4 is 34.7 Å². The highest BCUT2D eigenvalue weighted by molar-refractivity contribution is 7.80. The Morgan fingerprint density at radius 1 is 1.30 bits per heavy atom. The van der Waals surface area contributed by atoms with Crippen molar-refractivity contribution in [2.45, 2.75) is 40.7 Å². The van der Waals surface area contributed by atoms with Crippen molar-refractivity contribution in [3.63, 3.8) is 0 Å². The Morgan fingerprint density at radius 3 is 2.40 bits per heavy atom. The van der Waals surface area contributed by atoms with E-state index in [4.69, 9.17) is 12.2 Å². The predicted molar refractivity (Wildman–Crippen MR) is 86.8 cm³/mol. The largest absolute Gasteiger partial charge is 0.359 e. The lowest BCUT2D eigenvalue weighted by atomic mass is 9.88. The lowest BCUT2D eigenvalue weighted by Crippen LogP contribution is -2.43. The fourth-order valence-corrected chi connectivity index (χ4v) is 1.60. The lowest BCUT2D eigenvalue weighted by Gasteiger charge is -2.29. The molecule has 1 aromatic heterocycles. The van der Waals surface area contributed by atoms with Gasteiger partial charge in [-0.15, -0.1) is 0 Å². The highest BCUT2D eigenvalue weighted by atomic mass is 32.1. The number of aromatic nitrogens is 1. The molecule has 0 spiro atoms. The van der Waals surface area contributed by atoms with Crippen LogP contribution in [0.5, 0.6) is 0 Å². The molecular weight excluding hydrogens is 272 g/mol. The zero-order chi connectivity index (χ0) is 15.3. The van der Waals surface area contributed by atoms with Crippen LogP contribution < -0.4 is 16.0 Å². The smallest absolute Gasteiger partial charge is 0.222 e. The van der Waals surface area contributed by atoms with Crippen LogP contribution in [0.3, 0.4) is 0 Å². The van der Waals surface area contributed by atoms with E-state index in [9.17, 15) is 4.79 Å². The van der Waals surface area contributed by atoms with E-state index < -0.39 is 0 Å². The maximum absolute atomic E-state index is 10.9. The van der Waals surface area contributed by atoms with Gasteiger partial charge < -0.3 is 16.0 Å². The summed E-state index contributed by atoms with van der Waals surface area (Å²) in [7, 11) is 0. The van der Waals surface area contributed by atoms with Crippen LogP contribution in [-0.4, -0.2) is 22.0 Å². The molecule has 5 nitrogen and oxygen atoms in total. The molecule has 1 aromatic rings. The van der Waals surface area contributed by atoms with E-state index in [1.54, 1.807) is 12.3 Å². The number of anilines is 2. The van der Waals surface area contributed by atoms with Gasteiger partial charge in [0.05, 0.1) is 11.9 Å². The van der Waals surface area contributed by atoms with Gasteiger partial charge in [-0.3, -0.25) is 4.79 Å². The summed E-state index contributed by atoms with van der Waals surface area (Å²) in [4.78, 5) is 15.0. The third kappa shape index (κ3) is 5.52. The molecule has 0 fully saturated rings. The normalized spacial score (nSPS) is 12.4. The highest BCUT2D eigenvalue weighted by Crippen LogP contribution is 2.18. The van der Waals surface area contributed by atoms with Crippen LogP contribution in [0.2, 0.25) is 0 Å². The topological polar surface area (TPSA) is 66.1 Å². The number of thiocarbonyl (C=S) groups is 1. The van der Waals surface area contributed by atoms with Gasteiger partial charge in [0.2, 0.25) is 5.91 Å². The second kappa shape index (κ2) is 6.65. The summed E-state index contributed by atoms with van der Waals surface area (Å²) in [6.07, 6.45) is 1.63. The lowest BCUT2D eigenvalue weighted by molar-refractivity contribution is -0.114. The molecular formula is C14H22N4OS. The van der Waals surface area contributed by atoms with Crippen molar-refractivity contribution in [1.82, 2.24) is 10.3 Å². The Kier molecular flexibility index (Phi) is 5.44. The van der Waals surface area contributed by atoms with Gasteiger partial charge in [0, 0.05) is 13.0 Å². The summed E-state index contributed by atoms with van der Waals surface area (Å²) in [5, 5.41) is 9.48. The Morgan fingerprint density at radius 2 is 1.95 bits per heavy atom. The molecule has 1 heterocycles. The third-order valence-electron chi connectivity index (χ3n) is 2.97. The number of nitrogens with zero attached hydrogens (tertiary/aromatic N) is 1. The van der Waals surface area contributed by atoms with E-state index in [1.165, 1.54) is 6.92 Å². The molecule has 0 bridgehead atoms. The summed E-state index contributed by atoms with van der Waals surface area (Å²) in [6.45, 7) is 9.98. The standard InChI is InChI=1S/C14H22N4OS/c1-9(14(3,4)5)16-13(20)18-11-6-7-12(15-8-11)17-10(2)19/h6-9H,1-5H3,(H,15,17,19)(H2,16,18,20). The van der Waals surface area contributed by atoms with Crippen LogP contribution in [0.15, 0.2) is 18.3 Å². The Labute approximate surface area is 125 Å². The molecule has 0 aliphatic heterocycles. The molecule has 0 aromatic carbocycles. The highest BCUT2D eigenvalue weighted by Gasteiger charge is 2.20. The quantitative estimate of drug-likeness (QED) is 0.748. The molecule has 20 heavy (non-hydrogen) atoms. The number of hydrogen-bond donors (Lipinski definition) is 3. The van der Waals surface area contributed by atoms with E-state index in [-0.39, 0.29) is 17.4 Å². The average molecular weight is 294 g/mol. The van der Waals surface area contributed by atoms with Crippen LogP contribution in [-0.2, 0) is 4.79 Å². The maximum Gasteiger partial charge on any atom is 0.222 e. The molecule has 0 aliphatic carbocycles. The van der Waals surface area contributed by atoms with E-state index in [2.05, 4.69) is 48.6 Å². The predicted octanol–water partition coefficient (Wildman–Crippen LogP) is 2.76. The molecule has 0 radical (unpaired) electrons. The zero-order valence-electron chi connectivity index (χ0n) is 12.6. The molecule has 1 rings (SSSR count). The van der Waals surface area contributed by atoms with Gasteiger partial charge in [-0.25, -0.2) is 4.98 Å². The van der Waals surface area contributed by atoms with Crippen LogP contribution in [0.1, 0.15) is 34.6 Å². The number of pyridine rings is 1. The van der Waals surface area contributed by atoms with Gasteiger partial charge >= 0.3 is 0 Å². The molecule has 1 atom stereocenters.